The van der Waals surface area contributed by atoms with Gasteiger partial charge in [0.25, 0.3) is 0 Å². The molecule has 0 bridgehead atoms. The molecule has 3 fully saturated rings. The number of thioether (sulfide) groups is 2. The van der Waals surface area contributed by atoms with Gasteiger partial charge in [-0.05, 0) is 42.6 Å². The SMILES string of the molecule is C1CCC2NC(=NCC3CCSC3)SCC2C1. The van der Waals surface area contributed by atoms with Crippen LogP contribution in [0.2, 0.25) is 0 Å². The number of fused-ring (bicyclic) bond motifs is 1. The van der Waals surface area contributed by atoms with E-state index in [-0.39, 0.29) is 0 Å². The van der Waals surface area contributed by atoms with E-state index in [1.54, 1.807) is 0 Å². The zero-order chi connectivity index (χ0) is 11.5. The summed E-state index contributed by atoms with van der Waals surface area (Å²) in [7, 11) is 0. The molecule has 4 heteroatoms. The van der Waals surface area contributed by atoms with Gasteiger partial charge in [0.05, 0.1) is 0 Å². The molecular weight excluding hydrogens is 248 g/mol. The second kappa shape index (κ2) is 5.87. The van der Waals surface area contributed by atoms with Crippen LogP contribution in [0.5, 0.6) is 0 Å². The van der Waals surface area contributed by atoms with E-state index >= 15 is 0 Å². The Balaban J connectivity index is 1.52. The van der Waals surface area contributed by atoms with Gasteiger partial charge in [-0.1, -0.05) is 24.6 Å². The highest BCUT2D eigenvalue weighted by Crippen LogP contribution is 2.32. The molecule has 3 aliphatic rings. The van der Waals surface area contributed by atoms with E-state index < -0.39 is 0 Å². The summed E-state index contributed by atoms with van der Waals surface area (Å²) >= 11 is 4.05. The van der Waals surface area contributed by atoms with Crippen molar-refractivity contribution in [2.24, 2.45) is 16.8 Å². The topological polar surface area (TPSA) is 24.4 Å². The van der Waals surface area contributed by atoms with Crippen LogP contribution in [-0.4, -0.2) is 35.0 Å². The van der Waals surface area contributed by atoms with Gasteiger partial charge in [0.2, 0.25) is 0 Å². The minimum atomic E-state index is 0.738. The fourth-order valence-corrected chi connectivity index (χ4v) is 5.46. The molecule has 2 saturated heterocycles. The molecule has 1 N–H and O–H groups in total. The summed E-state index contributed by atoms with van der Waals surface area (Å²) in [6, 6.07) is 0.738. The molecule has 0 aromatic heterocycles. The van der Waals surface area contributed by atoms with Crippen LogP contribution in [0.4, 0.5) is 0 Å². The first-order valence-corrected chi connectivity index (χ1v) is 9.07. The Hall–Kier alpha value is 0.170. The summed E-state index contributed by atoms with van der Waals surface area (Å²) in [5.74, 6) is 5.73. The lowest BCUT2D eigenvalue weighted by atomic mass is 9.86. The number of aliphatic imine (C=N–C) groups is 1. The number of hydrogen-bond donors (Lipinski definition) is 1. The van der Waals surface area contributed by atoms with E-state index in [0.717, 1.165) is 24.4 Å². The molecular formula is C13H22N2S2. The molecule has 96 valence electrons. The van der Waals surface area contributed by atoms with Crippen LogP contribution < -0.4 is 5.32 Å². The van der Waals surface area contributed by atoms with E-state index in [2.05, 4.69) is 17.1 Å². The maximum absolute atomic E-state index is 4.81. The van der Waals surface area contributed by atoms with Gasteiger partial charge in [0.1, 0.15) is 0 Å². The quantitative estimate of drug-likeness (QED) is 0.835. The summed E-state index contributed by atoms with van der Waals surface area (Å²) in [5, 5.41) is 4.93. The Morgan fingerprint density at radius 1 is 1.18 bits per heavy atom. The summed E-state index contributed by atoms with van der Waals surface area (Å²) in [5.41, 5.74) is 0. The molecule has 0 aromatic carbocycles. The Morgan fingerprint density at radius 2 is 2.12 bits per heavy atom. The van der Waals surface area contributed by atoms with Crippen molar-refractivity contribution in [3.63, 3.8) is 0 Å². The van der Waals surface area contributed by atoms with E-state index in [0.29, 0.717) is 0 Å². The molecule has 17 heavy (non-hydrogen) atoms. The van der Waals surface area contributed by atoms with E-state index in [1.807, 2.05) is 11.8 Å². The van der Waals surface area contributed by atoms with Crippen molar-refractivity contribution in [1.82, 2.24) is 5.32 Å². The number of nitrogens with one attached hydrogen (secondary N) is 1. The van der Waals surface area contributed by atoms with E-state index in [9.17, 15) is 0 Å². The van der Waals surface area contributed by atoms with Crippen molar-refractivity contribution < 1.29 is 0 Å². The fourth-order valence-electron chi connectivity index (χ4n) is 3.01. The van der Waals surface area contributed by atoms with Crippen LogP contribution >= 0.6 is 23.5 Å². The Kier molecular flexibility index (Phi) is 4.22. The van der Waals surface area contributed by atoms with Crippen LogP contribution in [-0.2, 0) is 0 Å². The number of nitrogens with zero attached hydrogens (tertiary/aromatic N) is 1. The molecule has 0 spiro atoms. The van der Waals surface area contributed by atoms with Gasteiger partial charge >= 0.3 is 0 Å². The summed E-state index contributed by atoms with van der Waals surface area (Å²) < 4.78 is 0. The van der Waals surface area contributed by atoms with Crippen molar-refractivity contribution in [1.29, 1.82) is 0 Å². The Labute approximate surface area is 113 Å². The summed E-state index contributed by atoms with van der Waals surface area (Å²) in [6.07, 6.45) is 7.01. The highest BCUT2D eigenvalue weighted by Gasteiger charge is 2.30. The van der Waals surface area contributed by atoms with Crippen molar-refractivity contribution in [3.05, 3.63) is 0 Å². The Morgan fingerprint density at radius 3 is 3.00 bits per heavy atom. The minimum absolute atomic E-state index is 0.738. The van der Waals surface area contributed by atoms with Crippen LogP contribution in [0, 0.1) is 11.8 Å². The van der Waals surface area contributed by atoms with Crippen LogP contribution in [0.15, 0.2) is 4.99 Å². The third-order valence-corrected chi connectivity index (χ3v) is 6.52. The predicted octanol–water partition coefficient (Wildman–Crippen LogP) is 2.99. The maximum atomic E-state index is 4.81. The van der Waals surface area contributed by atoms with Crippen LogP contribution in [0.3, 0.4) is 0 Å². The minimum Gasteiger partial charge on any atom is -0.362 e. The zero-order valence-corrected chi connectivity index (χ0v) is 12.0. The highest BCUT2D eigenvalue weighted by molar-refractivity contribution is 8.13. The molecule has 0 amide bonds. The summed E-state index contributed by atoms with van der Waals surface area (Å²) in [4.78, 5) is 4.81. The van der Waals surface area contributed by atoms with Crippen LogP contribution in [0.25, 0.3) is 0 Å². The van der Waals surface area contributed by atoms with Crippen LogP contribution in [0.1, 0.15) is 32.1 Å². The van der Waals surface area contributed by atoms with Gasteiger partial charge in [-0.3, -0.25) is 4.99 Å². The molecule has 3 atom stereocenters. The molecule has 2 heterocycles. The third-order valence-electron chi connectivity index (χ3n) is 4.17. The highest BCUT2D eigenvalue weighted by atomic mass is 32.2. The van der Waals surface area contributed by atoms with E-state index in [1.165, 1.54) is 54.5 Å². The maximum Gasteiger partial charge on any atom is 0.156 e. The average Bonchev–Trinajstić information content (AvgIpc) is 2.89. The third kappa shape index (κ3) is 3.14. The second-order valence-corrected chi connectivity index (χ2v) is 7.64. The molecule has 2 aliphatic heterocycles. The van der Waals surface area contributed by atoms with Crippen molar-refractivity contribution in [2.75, 3.05) is 23.8 Å². The van der Waals surface area contributed by atoms with Gasteiger partial charge in [-0.25, -0.2) is 0 Å². The van der Waals surface area contributed by atoms with Gasteiger partial charge < -0.3 is 5.32 Å². The molecule has 3 rings (SSSR count). The van der Waals surface area contributed by atoms with Gasteiger partial charge in [-0.2, -0.15) is 11.8 Å². The standard InChI is InChI=1S/C13H22N2S2/c1-2-4-12-11(3-1)9-17-13(15-12)14-7-10-5-6-16-8-10/h10-12H,1-9H2,(H,14,15). The fraction of sp³-hybridized carbons (Fsp3) is 0.923. The van der Waals surface area contributed by atoms with Gasteiger partial charge in [0.15, 0.2) is 5.17 Å². The molecule has 2 nitrogen and oxygen atoms in total. The monoisotopic (exact) mass is 270 g/mol. The smallest absolute Gasteiger partial charge is 0.156 e. The average molecular weight is 270 g/mol. The lowest BCUT2D eigenvalue weighted by molar-refractivity contribution is 0.311. The lowest BCUT2D eigenvalue weighted by Gasteiger charge is -2.37. The largest absolute Gasteiger partial charge is 0.362 e. The normalized spacial score (nSPS) is 40.0. The summed E-state index contributed by atoms with van der Waals surface area (Å²) in [6.45, 7) is 1.06. The lowest BCUT2D eigenvalue weighted by Crippen LogP contribution is -2.46. The molecule has 1 aliphatic carbocycles. The predicted molar refractivity (Wildman–Crippen MR) is 79.1 cm³/mol. The first-order chi connectivity index (χ1) is 8.42. The first kappa shape index (κ1) is 12.2. The van der Waals surface area contributed by atoms with Gasteiger partial charge in [0, 0.05) is 18.3 Å². The number of hydrogen-bond acceptors (Lipinski definition) is 3. The van der Waals surface area contributed by atoms with Crippen molar-refractivity contribution >= 4 is 28.7 Å². The van der Waals surface area contributed by atoms with E-state index in [4.69, 9.17) is 4.99 Å². The molecule has 0 aromatic rings. The first-order valence-electron chi connectivity index (χ1n) is 6.93. The second-order valence-electron chi connectivity index (χ2n) is 5.48. The zero-order valence-electron chi connectivity index (χ0n) is 10.4. The van der Waals surface area contributed by atoms with Crippen molar-refractivity contribution in [2.45, 2.75) is 38.1 Å². The van der Waals surface area contributed by atoms with Gasteiger partial charge in [-0.15, -0.1) is 0 Å². The number of amidine groups is 1. The Bertz CT molecular complexity index is 287. The van der Waals surface area contributed by atoms with Crippen molar-refractivity contribution in [3.8, 4) is 0 Å². The molecule has 3 unspecified atom stereocenters. The molecule has 0 radical (unpaired) electrons. The number of rotatable bonds is 2. The molecule has 1 saturated carbocycles.